The van der Waals surface area contributed by atoms with Crippen LogP contribution >= 0.6 is 0 Å². The van der Waals surface area contributed by atoms with E-state index >= 15 is 0 Å². The van der Waals surface area contributed by atoms with Gasteiger partial charge in [0.25, 0.3) is 0 Å². The maximum absolute atomic E-state index is 12.7. The number of nitriles is 1. The minimum atomic E-state index is -1.27. The number of allylic oxidation sites excluding steroid dienone is 1. The van der Waals surface area contributed by atoms with Crippen LogP contribution in [0.4, 0.5) is 0 Å². The lowest BCUT2D eigenvalue weighted by Crippen LogP contribution is -2.52. The van der Waals surface area contributed by atoms with Gasteiger partial charge >= 0.3 is 5.97 Å². The van der Waals surface area contributed by atoms with Crippen LogP contribution in [-0.4, -0.2) is 30.1 Å². The van der Waals surface area contributed by atoms with E-state index in [1.165, 1.54) is 6.21 Å². The van der Waals surface area contributed by atoms with Crippen molar-refractivity contribution in [2.45, 2.75) is 39.7 Å². The number of nitrogens with zero attached hydrogens (tertiary/aromatic N) is 2. The first kappa shape index (κ1) is 16.1. The van der Waals surface area contributed by atoms with Crippen LogP contribution in [0.1, 0.15) is 34.1 Å². The number of dihydropyridines is 1. The number of carbonyl (C=O) groups is 2. The molecule has 1 heterocycles. The van der Waals surface area contributed by atoms with Gasteiger partial charge in [0, 0.05) is 6.21 Å². The Hall–Kier alpha value is -1.96. The Balaban J connectivity index is 3.17. The van der Waals surface area contributed by atoms with Gasteiger partial charge in [-0.2, -0.15) is 5.26 Å². The summed E-state index contributed by atoms with van der Waals surface area (Å²) in [6.07, 6.45) is 5.11. The highest BCUT2D eigenvalue weighted by molar-refractivity contribution is 6.05. The molecule has 0 bridgehead atoms. The summed E-state index contributed by atoms with van der Waals surface area (Å²) in [5.74, 6) is -1.81. The minimum absolute atomic E-state index is 0.220. The molecule has 0 saturated carbocycles. The molecule has 1 rings (SSSR count). The summed E-state index contributed by atoms with van der Waals surface area (Å²) in [7, 11) is 0. The van der Waals surface area contributed by atoms with Crippen LogP contribution in [0.3, 0.4) is 0 Å². The fourth-order valence-corrected chi connectivity index (χ4v) is 2.23. The predicted molar refractivity (Wildman–Crippen MR) is 75.2 cm³/mol. The number of esters is 1. The molecule has 0 fully saturated rings. The molecule has 0 aromatic rings. The first-order valence-corrected chi connectivity index (χ1v) is 6.71. The van der Waals surface area contributed by atoms with Crippen LogP contribution in [0.15, 0.2) is 17.1 Å². The molecular formula is C15H20N2O3. The van der Waals surface area contributed by atoms with E-state index in [0.29, 0.717) is 6.42 Å². The number of hydrogen-bond donors (Lipinski definition) is 0. The van der Waals surface area contributed by atoms with E-state index in [0.717, 1.165) is 0 Å². The molecule has 20 heavy (non-hydrogen) atoms. The van der Waals surface area contributed by atoms with Gasteiger partial charge in [0.2, 0.25) is 0 Å². The third kappa shape index (κ3) is 2.51. The fourth-order valence-electron chi connectivity index (χ4n) is 2.23. The molecule has 0 amide bonds. The largest absolute Gasteiger partial charge is 0.465 e. The van der Waals surface area contributed by atoms with Crippen molar-refractivity contribution in [3.8, 4) is 6.07 Å². The first-order chi connectivity index (χ1) is 9.36. The van der Waals surface area contributed by atoms with Gasteiger partial charge in [-0.3, -0.25) is 14.6 Å². The van der Waals surface area contributed by atoms with Crippen LogP contribution in [-0.2, 0) is 14.3 Å². The molecule has 5 heteroatoms. The van der Waals surface area contributed by atoms with Crippen molar-refractivity contribution in [3.63, 3.8) is 0 Å². The molecular weight excluding hydrogens is 256 g/mol. The van der Waals surface area contributed by atoms with Gasteiger partial charge in [0.15, 0.2) is 5.78 Å². The average molecular weight is 276 g/mol. The van der Waals surface area contributed by atoms with Crippen molar-refractivity contribution in [2.24, 2.45) is 16.3 Å². The monoisotopic (exact) mass is 276 g/mol. The van der Waals surface area contributed by atoms with Gasteiger partial charge in [-0.1, -0.05) is 13.0 Å². The molecule has 5 nitrogen and oxygen atoms in total. The average Bonchev–Trinajstić information content (AvgIpc) is 2.43. The molecule has 3 unspecified atom stereocenters. The number of aliphatic imine (C=N–C) groups is 1. The Labute approximate surface area is 119 Å². The van der Waals surface area contributed by atoms with Crippen LogP contribution in [0, 0.1) is 22.7 Å². The summed E-state index contributed by atoms with van der Waals surface area (Å²) in [5.41, 5.74) is -2.34. The first-order valence-electron chi connectivity index (χ1n) is 6.71. The Morgan fingerprint density at radius 3 is 2.55 bits per heavy atom. The second-order valence-electron chi connectivity index (χ2n) is 5.10. The van der Waals surface area contributed by atoms with Crippen molar-refractivity contribution in [1.82, 2.24) is 0 Å². The van der Waals surface area contributed by atoms with E-state index < -0.39 is 22.8 Å². The molecule has 0 aromatic carbocycles. The smallest absolute Gasteiger partial charge is 0.316 e. The number of ketones is 1. The number of hydrogen-bond acceptors (Lipinski definition) is 5. The van der Waals surface area contributed by atoms with E-state index in [4.69, 9.17) is 4.74 Å². The lowest BCUT2D eigenvalue weighted by Gasteiger charge is -2.38. The molecule has 0 spiro atoms. The maximum Gasteiger partial charge on any atom is 0.316 e. The summed E-state index contributed by atoms with van der Waals surface area (Å²) >= 11 is 0. The molecule has 108 valence electrons. The van der Waals surface area contributed by atoms with Crippen molar-refractivity contribution < 1.29 is 14.3 Å². The van der Waals surface area contributed by atoms with Crippen molar-refractivity contribution in [2.75, 3.05) is 6.61 Å². The van der Waals surface area contributed by atoms with E-state index in [-0.39, 0.29) is 12.4 Å². The van der Waals surface area contributed by atoms with Crippen molar-refractivity contribution in [3.05, 3.63) is 12.2 Å². The molecule has 0 radical (unpaired) electrons. The molecule has 0 aliphatic carbocycles. The molecule has 3 atom stereocenters. The van der Waals surface area contributed by atoms with Gasteiger partial charge in [-0.15, -0.1) is 0 Å². The summed E-state index contributed by atoms with van der Waals surface area (Å²) < 4.78 is 4.94. The highest BCUT2D eigenvalue weighted by Gasteiger charge is 2.53. The van der Waals surface area contributed by atoms with Gasteiger partial charge < -0.3 is 4.74 Å². The number of Topliss-reactive ketones (excluding diaryl/α,β-unsaturated/α-hetero) is 1. The van der Waals surface area contributed by atoms with Crippen molar-refractivity contribution in [1.29, 1.82) is 5.26 Å². The molecule has 0 saturated heterocycles. The minimum Gasteiger partial charge on any atom is -0.465 e. The van der Waals surface area contributed by atoms with Crippen LogP contribution in [0.5, 0.6) is 0 Å². The number of ether oxygens (including phenoxy) is 1. The Bertz CT molecular complexity index is 504. The quantitative estimate of drug-likeness (QED) is 0.568. The van der Waals surface area contributed by atoms with Crippen LogP contribution in [0.2, 0.25) is 0 Å². The molecule has 0 N–H and O–H groups in total. The van der Waals surface area contributed by atoms with Crippen molar-refractivity contribution >= 4 is 18.0 Å². The van der Waals surface area contributed by atoms with E-state index in [1.54, 1.807) is 39.8 Å². The lowest BCUT2D eigenvalue weighted by atomic mass is 9.66. The Kier molecular flexibility index (Phi) is 4.83. The number of carbonyl (C=O) groups excluding carboxylic acids is 2. The summed E-state index contributed by atoms with van der Waals surface area (Å²) in [6, 6.07) is 2.13. The van der Waals surface area contributed by atoms with Gasteiger partial charge in [-0.25, -0.2) is 0 Å². The molecule has 0 aromatic heterocycles. The SMILES string of the molecule is CCOC(=O)C(CC)C(=O)C1(C)N=CC=CC1(C)C#N. The normalized spacial score (nSPS) is 29.6. The highest BCUT2D eigenvalue weighted by Crippen LogP contribution is 2.40. The second kappa shape index (κ2) is 6.00. The summed E-state index contributed by atoms with van der Waals surface area (Å²) in [4.78, 5) is 28.9. The van der Waals surface area contributed by atoms with Gasteiger partial charge in [-0.05, 0) is 33.3 Å². The Morgan fingerprint density at radius 2 is 2.05 bits per heavy atom. The standard InChI is InChI=1S/C15H20N2O3/c1-5-11(13(19)20-6-2)12(18)15(4)14(3,10-16)8-7-9-17-15/h7-9,11H,5-6H2,1-4H3. The second-order valence-corrected chi connectivity index (χ2v) is 5.10. The van der Waals surface area contributed by atoms with Gasteiger partial charge in [0.05, 0.1) is 12.7 Å². The van der Waals surface area contributed by atoms with E-state index in [1.807, 2.05) is 0 Å². The summed E-state index contributed by atoms with van der Waals surface area (Å²) in [5, 5.41) is 9.39. The molecule has 1 aliphatic rings. The third-order valence-corrected chi connectivity index (χ3v) is 3.87. The van der Waals surface area contributed by atoms with E-state index in [2.05, 4.69) is 11.1 Å². The zero-order valence-corrected chi connectivity index (χ0v) is 12.3. The lowest BCUT2D eigenvalue weighted by molar-refractivity contribution is -0.153. The highest BCUT2D eigenvalue weighted by atomic mass is 16.5. The molecule has 1 aliphatic heterocycles. The predicted octanol–water partition coefficient (Wildman–Crippen LogP) is 2.07. The zero-order chi connectivity index (χ0) is 15.4. The topological polar surface area (TPSA) is 79.5 Å². The van der Waals surface area contributed by atoms with Gasteiger partial charge in [0.1, 0.15) is 16.9 Å². The zero-order valence-electron chi connectivity index (χ0n) is 12.3. The van der Waals surface area contributed by atoms with Crippen LogP contribution in [0.25, 0.3) is 0 Å². The number of rotatable bonds is 5. The fraction of sp³-hybridized carbons (Fsp3) is 0.600. The van der Waals surface area contributed by atoms with Crippen LogP contribution < -0.4 is 0 Å². The third-order valence-electron chi connectivity index (χ3n) is 3.87. The maximum atomic E-state index is 12.7. The summed E-state index contributed by atoms with van der Waals surface area (Å²) in [6.45, 7) is 6.90. The Morgan fingerprint density at radius 1 is 1.40 bits per heavy atom. The van der Waals surface area contributed by atoms with E-state index in [9.17, 15) is 14.9 Å².